The van der Waals surface area contributed by atoms with Crippen LogP contribution < -0.4 is 10.6 Å². The fourth-order valence-electron chi connectivity index (χ4n) is 2.36. The van der Waals surface area contributed by atoms with Crippen molar-refractivity contribution in [1.29, 1.82) is 0 Å². The van der Waals surface area contributed by atoms with Crippen LogP contribution in [0.1, 0.15) is 47.0 Å². The van der Waals surface area contributed by atoms with Gasteiger partial charge in [-0.3, -0.25) is 4.79 Å². The van der Waals surface area contributed by atoms with Gasteiger partial charge in [-0.25, -0.2) is 14.6 Å². The van der Waals surface area contributed by atoms with Gasteiger partial charge in [-0.05, 0) is 26.7 Å². The molecule has 0 fully saturated rings. The highest BCUT2D eigenvalue weighted by atomic mass is 32.2. The number of hydrogen-bond donors (Lipinski definition) is 2. The summed E-state index contributed by atoms with van der Waals surface area (Å²) in [7, 11) is 0. The van der Waals surface area contributed by atoms with Crippen molar-refractivity contribution >= 4 is 34.5 Å². The third-order valence-corrected chi connectivity index (χ3v) is 4.51. The molecule has 2 aromatic rings. The summed E-state index contributed by atoms with van der Waals surface area (Å²) in [5, 5.41) is 12.4. The van der Waals surface area contributed by atoms with E-state index in [0.717, 1.165) is 40.6 Å². The average Bonchev–Trinajstić information content (AvgIpc) is 2.96. The Balaban J connectivity index is 2.21. The van der Waals surface area contributed by atoms with E-state index in [1.165, 1.54) is 0 Å². The van der Waals surface area contributed by atoms with Gasteiger partial charge < -0.3 is 10.6 Å². The molecule has 2 N–H and O–H groups in total. The molecule has 0 atom stereocenters. The number of amides is 1. The van der Waals surface area contributed by atoms with Crippen molar-refractivity contribution in [1.82, 2.24) is 25.1 Å². The van der Waals surface area contributed by atoms with Crippen LogP contribution in [0.2, 0.25) is 0 Å². The molecular weight excluding hydrogens is 336 g/mol. The van der Waals surface area contributed by atoms with Gasteiger partial charge in [0.1, 0.15) is 5.82 Å². The SMILES string of the molecule is CCCSc1nc(NC(C)C)c2cnn(CCNC(=O)CCC)c2n1. The second-order valence-electron chi connectivity index (χ2n) is 6.21. The van der Waals surface area contributed by atoms with Crippen LogP contribution in [0.4, 0.5) is 5.82 Å². The van der Waals surface area contributed by atoms with Crippen LogP contribution in [-0.4, -0.2) is 44.0 Å². The number of rotatable bonds is 10. The molecule has 0 saturated carbocycles. The summed E-state index contributed by atoms with van der Waals surface area (Å²) in [6.45, 7) is 9.44. The number of nitrogens with one attached hydrogen (secondary N) is 2. The maximum atomic E-state index is 11.6. The molecule has 7 nitrogen and oxygen atoms in total. The van der Waals surface area contributed by atoms with Gasteiger partial charge in [-0.1, -0.05) is 25.6 Å². The number of carbonyl (C=O) groups excluding carboxylic acids is 1. The lowest BCUT2D eigenvalue weighted by atomic mass is 10.3. The van der Waals surface area contributed by atoms with Crippen LogP contribution >= 0.6 is 11.8 Å². The van der Waals surface area contributed by atoms with Crippen LogP contribution in [0.3, 0.4) is 0 Å². The number of hydrogen-bond acceptors (Lipinski definition) is 6. The van der Waals surface area contributed by atoms with Crippen LogP contribution in [0, 0.1) is 0 Å². The highest BCUT2D eigenvalue weighted by molar-refractivity contribution is 7.99. The van der Waals surface area contributed by atoms with Gasteiger partial charge in [0.15, 0.2) is 10.8 Å². The molecular formula is C17H28N6OS. The Hall–Kier alpha value is -1.83. The molecule has 0 aliphatic carbocycles. The van der Waals surface area contributed by atoms with Crippen molar-refractivity contribution < 1.29 is 4.79 Å². The highest BCUT2D eigenvalue weighted by Gasteiger charge is 2.14. The first-order valence-corrected chi connectivity index (χ1v) is 9.93. The lowest BCUT2D eigenvalue weighted by Gasteiger charge is -2.12. The summed E-state index contributed by atoms with van der Waals surface area (Å²) in [6.07, 6.45) is 4.28. The van der Waals surface area contributed by atoms with Crippen LogP contribution in [0.25, 0.3) is 11.0 Å². The first-order valence-electron chi connectivity index (χ1n) is 8.94. The Labute approximate surface area is 153 Å². The fourth-order valence-corrected chi connectivity index (χ4v) is 3.05. The third-order valence-electron chi connectivity index (χ3n) is 3.46. The van der Waals surface area contributed by atoms with Crippen molar-refractivity contribution in [3.63, 3.8) is 0 Å². The van der Waals surface area contributed by atoms with Crippen molar-refractivity contribution in [2.24, 2.45) is 0 Å². The van der Waals surface area contributed by atoms with E-state index in [1.807, 2.05) is 11.6 Å². The molecule has 0 saturated heterocycles. The molecule has 2 rings (SSSR count). The van der Waals surface area contributed by atoms with Crippen molar-refractivity contribution in [2.45, 2.75) is 64.7 Å². The molecule has 0 radical (unpaired) electrons. The van der Waals surface area contributed by atoms with Gasteiger partial charge in [0.05, 0.1) is 18.1 Å². The first kappa shape index (κ1) is 19.5. The van der Waals surface area contributed by atoms with E-state index >= 15 is 0 Å². The summed E-state index contributed by atoms with van der Waals surface area (Å²) >= 11 is 1.65. The molecule has 25 heavy (non-hydrogen) atoms. The van der Waals surface area contributed by atoms with Crippen LogP contribution in [0.15, 0.2) is 11.4 Å². The van der Waals surface area contributed by atoms with Crippen LogP contribution in [0.5, 0.6) is 0 Å². The monoisotopic (exact) mass is 364 g/mol. The van der Waals surface area contributed by atoms with Crippen molar-refractivity contribution in [3.8, 4) is 0 Å². The standard InChI is InChI=1S/C17H28N6OS/c1-5-7-14(24)18-8-9-23-16-13(11-19-23)15(20-12(3)4)21-17(22-16)25-10-6-2/h11-12H,5-10H2,1-4H3,(H,18,24)(H,20,21,22). The fraction of sp³-hybridized carbons (Fsp3) is 0.647. The van der Waals surface area contributed by atoms with Crippen molar-refractivity contribution in [2.75, 3.05) is 17.6 Å². The number of fused-ring (bicyclic) bond motifs is 1. The normalized spacial score (nSPS) is 11.2. The highest BCUT2D eigenvalue weighted by Crippen LogP contribution is 2.25. The van der Waals surface area contributed by atoms with Gasteiger partial charge in [-0.15, -0.1) is 0 Å². The summed E-state index contributed by atoms with van der Waals surface area (Å²) in [5.41, 5.74) is 0.807. The molecule has 8 heteroatoms. The van der Waals surface area contributed by atoms with Crippen LogP contribution in [-0.2, 0) is 11.3 Å². The zero-order valence-electron chi connectivity index (χ0n) is 15.5. The summed E-state index contributed by atoms with van der Waals surface area (Å²) < 4.78 is 1.84. The van der Waals surface area contributed by atoms with E-state index in [4.69, 9.17) is 0 Å². The van der Waals surface area contributed by atoms with Gasteiger partial charge in [0.25, 0.3) is 0 Å². The lowest BCUT2D eigenvalue weighted by molar-refractivity contribution is -0.121. The predicted molar refractivity (Wildman–Crippen MR) is 103 cm³/mol. The van der Waals surface area contributed by atoms with E-state index in [9.17, 15) is 4.79 Å². The maximum absolute atomic E-state index is 11.6. The molecule has 0 spiro atoms. The Morgan fingerprint density at radius 1 is 1.28 bits per heavy atom. The molecule has 2 heterocycles. The quantitative estimate of drug-likeness (QED) is 0.498. The summed E-state index contributed by atoms with van der Waals surface area (Å²) in [5.74, 6) is 1.88. The molecule has 138 valence electrons. The lowest BCUT2D eigenvalue weighted by Crippen LogP contribution is -2.27. The molecule has 0 aromatic carbocycles. The number of thioether (sulfide) groups is 1. The third kappa shape index (κ3) is 5.59. The molecule has 0 bridgehead atoms. The van der Waals surface area contributed by atoms with Gasteiger partial charge in [-0.2, -0.15) is 5.10 Å². The second kappa shape index (κ2) is 9.60. The Bertz CT molecular complexity index is 700. The first-order chi connectivity index (χ1) is 12.0. The molecule has 0 aliphatic rings. The van der Waals surface area contributed by atoms with E-state index < -0.39 is 0 Å². The van der Waals surface area contributed by atoms with E-state index in [1.54, 1.807) is 18.0 Å². The summed E-state index contributed by atoms with van der Waals surface area (Å²) in [4.78, 5) is 20.9. The molecule has 2 aromatic heterocycles. The van der Waals surface area contributed by atoms with Gasteiger partial charge >= 0.3 is 0 Å². The predicted octanol–water partition coefficient (Wildman–Crippen LogP) is 3.07. The van der Waals surface area contributed by atoms with E-state index in [-0.39, 0.29) is 11.9 Å². The van der Waals surface area contributed by atoms with Gasteiger partial charge in [0.2, 0.25) is 5.91 Å². The largest absolute Gasteiger partial charge is 0.367 e. The molecule has 0 unspecified atom stereocenters. The zero-order chi connectivity index (χ0) is 18.2. The van der Waals surface area contributed by atoms with Gasteiger partial charge in [0, 0.05) is 24.8 Å². The Kier molecular flexibility index (Phi) is 7.49. The van der Waals surface area contributed by atoms with E-state index in [2.05, 4.69) is 46.5 Å². The minimum absolute atomic E-state index is 0.0786. The number of nitrogens with zero attached hydrogens (tertiary/aromatic N) is 4. The molecule has 1 amide bonds. The molecule has 0 aliphatic heterocycles. The topological polar surface area (TPSA) is 84.7 Å². The number of anilines is 1. The minimum atomic E-state index is 0.0786. The second-order valence-corrected chi connectivity index (χ2v) is 7.27. The average molecular weight is 365 g/mol. The number of aromatic nitrogens is 4. The Morgan fingerprint density at radius 3 is 2.76 bits per heavy atom. The Morgan fingerprint density at radius 2 is 2.08 bits per heavy atom. The number of carbonyl (C=O) groups is 1. The zero-order valence-corrected chi connectivity index (χ0v) is 16.3. The van der Waals surface area contributed by atoms with Crippen molar-refractivity contribution in [3.05, 3.63) is 6.20 Å². The maximum Gasteiger partial charge on any atom is 0.220 e. The smallest absolute Gasteiger partial charge is 0.220 e. The van der Waals surface area contributed by atoms with E-state index in [0.29, 0.717) is 19.5 Å². The summed E-state index contributed by atoms with van der Waals surface area (Å²) in [6, 6.07) is 0.277. The minimum Gasteiger partial charge on any atom is -0.367 e.